The zero-order valence-corrected chi connectivity index (χ0v) is 10.7. The van der Waals surface area contributed by atoms with Gasteiger partial charge in [0.1, 0.15) is 0 Å². The summed E-state index contributed by atoms with van der Waals surface area (Å²) in [4.78, 5) is 5.76. The van der Waals surface area contributed by atoms with Crippen molar-refractivity contribution in [3.8, 4) is 0 Å². The first-order valence-electron chi connectivity index (χ1n) is 5.70. The van der Waals surface area contributed by atoms with E-state index < -0.39 is 0 Å². The molecule has 2 heterocycles. The lowest BCUT2D eigenvalue weighted by atomic mass is 10.1. The van der Waals surface area contributed by atoms with Gasteiger partial charge < -0.3 is 0 Å². The summed E-state index contributed by atoms with van der Waals surface area (Å²) in [6, 6.07) is 8.43. The molecule has 17 heavy (non-hydrogen) atoms. The van der Waals surface area contributed by atoms with E-state index in [9.17, 15) is 0 Å². The fraction of sp³-hybridized carbons (Fsp3) is 0.308. The molecule has 3 nitrogen and oxygen atoms in total. The molecule has 0 saturated heterocycles. The SMILES string of the molecule is Cc1ccnc(C(CCc2cccs2)NN)c1. The molecule has 0 aromatic carbocycles. The summed E-state index contributed by atoms with van der Waals surface area (Å²) in [7, 11) is 0. The Balaban J connectivity index is 2.01. The van der Waals surface area contributed by atoms with Crippen LogP contribution in [-0.2, 0) is 6.42 Å². The molecule has 0 aliphatic heterocycles. The van der Waals surface area contributed by atoms with Gasteiger partial charge in [-0.25, -0.2) is 0 Å². The molecule has 0 radical (unpaired) electrons. The minimum Gasteiger partial charge on any atom is -0.271 e. The van der Waals surface area contributed by atoms with Crippen LogP contribution >= 0.6 is 11.3 Å². The number of rotatable bonds is 5. The number of hydrazine groups is 1. The Bertz CT molecular complexity index is 453. The van der Waals surface area contributed by atoms with E-state index in [0.717, 1.165) is 18.5 Å². The Hall–Kier alpha value is -1.23. The first-order chi connectivity index (χ1) is 8.29. The molecule has 90 valence electrons. The third-order valence-corrected chi connectivity index (χ3v) is 3.69. The summed E-state index contributed by atoms with van der Waals surface area (Å²) in [5.74, 6) is 5.61. The lowest BCUT2D eigenvalue weighted by molar-refractivity contribution is 0.506. The number of thiophene rings is 1. The maximum absolute atomic E-state index is 5.61. The first-order valence-corrected chi connectivity index (χ1v) is 6.58. The van der Waals surface area contributed by atoms with E-state index in [1.807, 2.05) is 12.3 Å². The maximum atomic E-state index is 5.61. The fourth-order valence-electron chi connectivity index (χ4n) is 1.81. The van der Waals surface area contributed by atoms with Crippen molar-refractivity contribution in [2.75, 3.05) is 0 Å². The molecule has 0 aliphatic carbocycles. The van der Waals surface area contributed by atoms with Gasteiger partial charge in [-0.05, 0) is 48.9 Å². The maximum Gasteiger partial charge on any atom is 0.0635 e. The van der Waals surface area contributed by atoms with Crippen molar-refractivity contribution in [3.63, 3.8) is 0 Å². The molecule has 0 amide bonds. The molecular formula is C13H17N3S. The summed E-state index contributed by atoms with van der Waals surface area (Å²) >= 11 is 1.78. The van der Waals surface area contributed by atoms with Crippen molar-refractivity contribution in [1.29, 1.82) is 0 Å². The molecule has 0 spiro atoms. The molecule has 2 aromatic heterocycles. The van der Waals surface area contributed by atoms with Crippen LogP contribution in [0.5, 0.6) is 0 Å². The Morgan fingerprint density at radius 2 is 2.35 bits per heavy atom. The number of hydrogen-bond donors (Lipinski definition) is 2. The smallest absolute Gasteiger partial charge is 0.0635 e. The molecule has 0 fully saturated rings. The standard InChI is InChI=1S/C13H17N3S/c1-10-6-7-15-13(9-10)12(16-14)5-4-11-3-2-8-17-11/h2-3,6-9,12,16H,4-5,14H2,1H3. The van der Waals surface area contributed by atoms with E-state index in [1.54, 1.807) is 11.3 Å². The highest BCUT2D eigenvalue weighted by Gasteiger charge is 2.11. The molecule has 0 aliphatic rings. The van der Waals surface area contributed by atoms with Crippen molar-refractivity contribution in [1.82, 2.24) is 10.4 Å². The third kappa shape index (κ3) is 3.36. The zero-order valence-electron chi connectivity index (χ0n) is 9.89. The minimum atomic E-state index is 0.122. The summed E-state index contributed by atoms with van der Waals surface area (Å²) in [5.41, 5.74) is 5.08. The van der Waals surface area contributed by atoms with Gasteiger partial charge in [-0.2, -0.15) is 0 Å². The number of hydrogen-bond acceptors (Lipinski definition) is 4. The average Bonchev–Trinajstić information content (AvgIpc) is 2.83. The quantitative estimate of drug-likeness (QED) is 0.630. The van der Waals surface area contributed by atoms with E-state index in [4.69, 9.17) is 5.84 Å². The second-order valence-corrected chi connectivity index (χ2v) is 5.13. The van der Waals surface area contributed by atoms with Crippen molar-refractivity contribution >= 4 is 11.3 Å². The van der Waals surface area contributed by atoms with Crippen molar-refractivity contribution in [2.24, 2.45) is 5.84 Å². The van der Waals surface area contributed by atoms with Crippen LogP contribution in [-0.4, -0.2) is 4.98 Å². The first kappa shape index (κ1) is 12.2. The molecule has 4 heteroatoms. The number of nitrogens with zero attached hydrogens (tertiary/aromatic N) is 1. The molecule has 1 unspecified atom stereocenters. The van der Waals surface area contributed by atoms with Crippen LogP contribution in [0.2, 0.25) is 0 Å². The van der Waals surface area contributed by atoms with Gasteiger partial charge in [-0.3, -0.25) is 16.3 Å². The van der Waals surface area contributed by atoms with Gasteiger partial charge in [-0.15, -0.1) is 11.3 Å². The molecule has 1 atom stereocenters. The molecule has 3 N–H and O–H groups in total. The van der Waals surface area contributed by atoms with Crippen LogP contribution in [0, 0.1) is 6.92 Å². The molecule has 2 aromatic rings. The largest absolute Gasteiger partial charge is 0.271 e. The summed E-state index contributed by atoms with van der Waals surface area (Å²) < 4.78 is 0. The van der Waals surface area contributed by atoms with Gasteiger partial charge in [0.05, 0.1) is 11.7 Å². The average molecular weight is 247 g/mol. The van der Waals surface area contributed by atoms with Crippen molar-refractivity contribution in [3.05, 3.63) is 52.0 Å². The molecule has 0 saturated carbocycles. The monoisotopic (exact) mass is 247 g/mol. The Labute approximate surface area is 106 Å². The van der Waals surface area contributed by atoms with Crippen LogP contribution in [0.3, 0.4) is 0 Å². The summed E-state index contributed by atoms with van der Waals surface area (Å²) in [6.45, 7) is 2.07. The van der Waals surface area contributed by atoms with Gasteiger partial charge in [0, 0.05) is 11.1 Å². The highest BCUT2D eigenvalue weighted by atomic mass is 32.1. The number of nitrogens with two attached hydrogens (primary N) is 1. The Morgan fingerprint density at radius 1 is 1.47 bits per heavy atom. The minimum absolute atomic E-state index is 0.122. The number of nitrogens with one attached hydrogen (secondary N) is 1. The topological polar surface area (TPSA) is 50.9 Å². The predicted molar refractivity (Wildman–Crippen MR) is 71.7 cm³/mol. The van der Waals surface area contributed by atoms with Crippen LogP contribution in [0.1, 0.15) is 28.6 Å². The van der Waals surface area contributed by atoms with E-state index >= 15 is 0 Å². The van der Waals surface area contributed by atoms with Gasteiger partial charge in [0.2, 0.25) is 0 Å². The Kier molecular flexibility index (Phi) is 4.25. The number of pyridine rings is 1. The van der Waals surface area contributed by atoms with Crippen LogP contribution in [0.4, 0.5) is 0 Å². The van der Waals surface area contributed by atoms with Gasteiger partial charge >= 0.3 is 0 Å². The number of aromatic nitrogens is 1. The zero-order chi connectivity index (χ0) is 12.1. The van der Waals surface area contributed by atoms with Crippen LogP contribution < -0.4 is 11.3 Å². The van der Waals surface area contributed by atoms with E-state index in [-0.39, 0.29) is 6.04 Å². The summed E-state index contributed by atoms with van der Waals surface area (Å²) in [5, 5.41) is 2.10. The molecule has 0 bridgehead atoms. The summed E-state index contributed by atoms with van der Waals surface area (Å²) in [6.07, 6.45) is 3.83. The molecular weight excluding hydrogens is 230 g/mol. The fourth-order valence-corrected chi connectivity index (χ4v) is 2.53. The van der Waals surface area contributed by atoms with Crippen LogP contribution in [0.15, 0.2) is 35.8 Å². The van der Waals surface area contributed by atoms with Crippen molar-refractivity contribution in [2.45, 2.75) is 25.8 Å². The van der Waals surface area contributed by atoms with Crippen LogP contribution in [0.25, 0.3) is 0 Å². The normalized spacial score (nSPS) is 12.6. The highest BCUT2D eigenvalue weighted by molar-refractivity contribution is 7.09. The lowest BCUT2D eigenvalue weighted by Gasteiger charge is -2.15. The number of aryl methyl sites for hydroxylation is 2. The predicted octanol–water partition coefficient (Wildman–Crippen LogP) is 2.59. The Morgan fingerprint density at radius 3 is 3.00 bits per heavy atom. The van der Waals surface area contributed by atoms with E-state index in [0.29, 0.717) is 0 Å². The highest BCUT2D eigenvalue weighted by Crippen LogP contribution is 2.19. The van der Waals surface area contributed by atoms with E-state index in [1.165, 1.54) is 10.4 Å². The molecule has 2 rings (SSSR count). The second kappa shape index (κ2) is 5.91. The second-order valence-electron chi connectivity index (χ2n) is 4.10. The van der Waals surface area contributed by atoms with Gasteiger partial charge in [-0.1, -0.05) is 6.07 Å². The van der Waals surface area contributed by atoms with Gasteiger partial charge in [0.15, 0.2) is 0 Å². The lowest BCUT2D eigenvalue weighted by Crippen LogP contribution is -2.29. The van der Waals surface area contributed by atoms with E-state index in [2.05, 4.69) is 40.9 Å². The third-order valence-electron chi connectivity index (χ3n) is 2.75. The van der Waals surface area contributed by atoms with Gasteiger partial charge in [0.25, 0.3) is 0 Å². The van der Waals surface area contributed by atoms with Crippen molar-refractivity contribution < 1.29 is 0 Å².